The maximum Gasteiger partial charge on any atom is 0.415 e. The SMILES string of the molecule is Cc1ccc([P+](=O)c2ccc(N(C)C)cc2)cc1. The topological polar surface area (TPSA) is 20.3 Å². The molecular weight excluding hydrogens is 241 g/mol. The van der Waals surface area contributed by atoms with Gasteiger partial charge in [0.15, 0.2) is 10.6 Å². The van der Waals surface area contributed by atoms with Crippen molar-refractivity contribution in [2.45, 2.75) is 6.92 Å². The highest BCUT2D eigenvalue weighted by Gasteiger charge is 2.22. The fraction of sp³-hybridized carbons (Fsp3) is 0.200. The molecule has 0 bridgehead atoms. The van der Waals surface area contributed by atoms with Crippen LogP contribution in [0.1, 0.15) is 5.56 Å². The number of nitrogens with zero attached hydrogens (tertiary/aromatic N) is 1. The fourth-order valence-electron chi connectivity index (χ4n) is 1.72. The third-order valence-corrected chi connectivity index (χ3v) is 4.40. The summed E-state index contributed by atoms with van der Waals surface area (Å²) < 4.78 is 12.4. The van der Waals surface area contributed by atoms with Crippen LogP contribution in [0.2, 0.25) is 0 Å². The van der Waals surface area contributed by atoms with Gasteiger partial charge in [-0.05, 0) is 43.3 Å². The van der Waals surface area contributed by atoms with Crippen molar-refractivity contribution >= 4 is 24.1 Å². The average molecular weight is 258 g/mol. The predicted octanol–water partition coefficient (Wildman–Crippen LogP) is 2.84. The quantitative estimate of drug-likeness (QED) is 0.789. The van der Waals surface area contributed by atoms with Gasteiger partial charge in [0.05, 0.1) is 0 Å². The molecule has 1 atom stereocenters. The Morgan fingerprint density at radius 2 is 1.28 bits per heavy atom. The molecule has 0 aliphatic heterocycles. The molecule has 0 spiro atoms. The number of anilines is 1. The van der Waals surface area contributed by atoms with Gasteiger partial charge in [-0.1, -0.05) is 22.3 Å². The van der Waals surface area contributed by atoms with Crippen molar-refractivity contribution in [2.75, 3.05) is 19.0 Å². The van der Waals surface area contributed by atoms with E-state index in [9.17, 15) is 4.57 Å². The second-order valence-electron chi connectivity index (χ2n) is 4.54. The van der Waals surface area contributed by atoms with Gasteiger partial charge in [0.2, 0.25) is 0 Å². The highest BCUT2D eigenvalue weighted by Crippen LogP contribution is 2.21. The first-order chi connectivity index (χ1) is 8.58. The molecule has 0 aliphatic carbocycles. The number of aryl methyl sites for hydroxylation is 1. The van der Waals surface area contributed by atoms with E-state index < -0.39 is 7.80 Å². The number of rotatable bonds is 3. The molecule has 0 radical (unpaired) electrons. The van der Waals surface area contributed by atoms with Crippen LogP contribution in [-0.2, 0) is 4.57 Å². The van der Waals surface area contributed by atoms with E-state index in [4.69, 9.17) is 0 Å². The van der Waals surface area contributed by atoms with Crippen molar-refractivity contribution in [1.82, 2.24) is 0 Å². The van der Waals surface area contributed by atoms with E-state index in [1.807, 2.05) is 74.4 Å². The van der Waals surface area contributed by atoms with Crippen molar-refractivity contribution in [1.29, 1.82) is 0 Å². The zero-order valence-corrected chi connectivity index (χ0v) is 11.8. The molecule has 0 fully saturated rings. The van der Waals surface area contributed by atoms with Crippen LogP contribution in [0.25, 0.3) is 0 Å². The first kappa shape index (κ1) is 12.8. The highest BCUT2D eigenvalue weighted by molar-refractivity contribution is 7.61. The summed E-state index contributed by atoms with van der Waals surface area (Å²) in [6.45, 7) is 2.03. The van der Waals surface area contributed by atoms with E-state index in [1.165, 1.54) is 5.56 Å². The lowest BCUT2D eigenvalue weighted by atomic mass is 10.2. The monoisotopic (exact) mass is 258 g/mol. The molecule has 92 valence electrons. The van der Waals surface area contributed by atoms with Crippen molar-refractivity contribution in [3.8, 4) is 0 Å². The van der Waals surface area contributed by atoms with Crippen LogP contribution in [0.15, 0.2) is 48.5 Å². The zero-order valence-electron chi connectivity index (χ0n) is 10.9. The Labute approximate surface area is 109 Å². The third kappa shape index (κ3) is 2.77. The number of hydrogen-bond donors (Lipinski definition) is 0. The Kier molecular flexibility index (Phi) is 3.78. The molecule has 0 amide bonds. The zero-order chi connectivity index (χ0) is 13.1. The standard InChI is InChI=1S/C15H17NOP/c1-12-4-8-14(9-5-12)18(17)15-10-6-13(7-11-15)16(2)3/h4-11H,1-3H3/q+1. The molecule has 3 heteroatoms. The van der Waals surface area contributed by atoms with Gasteiger partial charge in [-0.15, -0.1) is 0 Å². The Bertz CT molecular complexity index is 544. The van der Waals surface area contributed by atoms with E-state index in [-0.39, 0.29) is 0 Å². The smallest absolute Gasteiger partial charge is 0.378 e. The van der Waals surface area contributed by atoms with E-state index in [0.717, 1.165) is 16.3 Å². The number of benzene rings is 2. The molecule has 0 saturated carbocycles. The normalized spacial score (nSPS) is 11.2. The fourth-order valence-corrected chi connectivity index (χ4v) is 2.85. The molecular formula is C15H17NOP+. The van der Waals surface area contributed by atoms with Crippen LogP contribution < -0.4 is 15.5 Å². The predicted molar refractivity (Wildman–Crippen MR) is 78.8 cm³/mol. The van der Waals surface area contributed by atoms with E-state index in [2.05, 4.69) is 0 Å². The Morgan fingerprint density at radius 3 is 1.72 bits per heavy atom. The summed E-state index contributed by atoms with van der Waals surface area (Å²) in [5.74, 6) is 0. The first-order valence-corrected chi connectivity index (χ1v) is 7.15. The summed E-state index contributed by atoms with van der Waals surface area (Å²) in [6.07, 6.45) is 0. The van der Waals surface area contributed by atoms with Crippen LogP contribution in [0.4, 0.5) is 5.69 Å². The molecule has 0 aliphatic rings. The van der Waals surface area contributed by atoms with Gasteiger partial charge in [-0.2, -0.15) is 0 Å². The summed E-state index contributed by atoms with van der Waals surface area (Å²) in [4.78, 5) is 2.03. The third-order valence-electron chi connectivity index (χ3n) is 2.87. The first-order valence-electron chi connectivity index (χ1n) is 5.89. The van der Waals surface area contributed by atoms with Gasteiger partial charge in [0, 0.05) is 19.8 Å². The van der Waals surface area contributed by atoms with Crippen LogP contribution in [-0.4, -0.2) is 14.1 Å². The van der Waals surface area contributed by atoms with Gasteiger partial charge in [0.1, 0.15) is 0 Å². The minimum atomic E-state index is -1.48. The largest absolute Gasteiger partial charge is 0.415 e. The molecule has 1 unspecified atom stereocenters. The van der Waals surface area contributed by atoms with Crippen LogP contribution >= 0.6 is 7.80 Å². The Hall–Kier alpha value is -1.66. The van der Waals surface area contributed by atoms with E-state index >= 15 is 0 Å². The molecule has 0 N–H and O–H groups in total. The lowest BCUT2D eigenvalue weighted by Gasteiger charge is -2.10. The van der Waals surface area contributed by atoms with E-state index in [1.54, 1.807) is 0 Å². The van der Waals surface area contributed by atoms with E-state index in [0.29, 0.717) is 0 Å². The van der Waals surface area contributed by atoms with Crippen LogP contribution in [0.3, 0.4) is 0 Å². The molecule has 2 aromatic carbocycles. The minimum absolute atomic E-state index is 0.874. The molecule has 0 aromatic heterocycles. The maximum absolute atomic E-state index is 12.4. The van der Waals surface area contributed by atoms with Crippen molar-refractivity contribution in [2.24, 2.45) is 0 Å². The average Bonchev–Trinajstić information content (AvgIpc) is 2.39. The van der Waals surface area contributed by atoms with Crippen molar-refractivity contribution in [3.05, 3.63) is 54.1 Å². The summed E-state index contributed by atoms with van der Waals surface area (Å²) in [5, 5.41) is 1.76. The Balaban J connectivity index is 2.26. The highest BCUT2D eigenvalue weighted by atomic mass is 31.1. The van der Waals surface area contributed by atoms with Crippen LogP contribution in [0.5, 0.6) is 0 Å². The lowest BCUT2D eigenvalue weighted by molar-refractivity contribution is 0.598. The van der Waals surface area contributed by atoms with Crippen LogP contribution in [0, 0.1) is 6.92 Å². The molecule has 18 heavy (non-hydrogen) atoms. The summed E-state index contributed by atoms with van der Waals surface area (Å²) in [6, 6.07) is 15.7. The second-order valence-corrected chi connectivity index (χ2v) is 6.16. The van der Waals surface area contributed by atoms with Gasteiger partial charge < -0.3 is 4.90 Å². The summed E-state index contributed by atoms with van der Waals surface area (Å²) in [5.41, 5.74) is 2.30. The molecule has 0 saturated heterocycles. The molecule has 0 heterocycles. The van der Waals surface area contributed by atoms with Crippen molar-refractivity contribution < 1.29 is 4.57 Å². The van der Waals surface area contributed by atoms with Gasteiger partial charge in [-0.3, -0.25) is 0 Å². The van der Waals surface area contributed by atoms with Gasteiger partial charge >= 0.3 is 7.80 Å². The summed E-state index contributed by atoms with van der Waals surface area (Å²) in [7, 11) is 2.51. The minimum Gasteiger partial charge on any atom is -0.378 e. The molecule has 2 rings (SSSR count). The second kappa shape index (κ2) is 5.32. The number of hydrogen-bond acceptors (Lipinski definition) is 2. The Morgan fingerprint density at radius 1 is 0.833 bits per heavy atom. The molecule has 2 nitrogen and oxygen atoms in total. The maximum atomic E-state index is 12.4. The van der Waals surface area contributed by atoms with Gasteiger partial charge in [-0.25, -0.2) is 0 Å². The summed E-state index contributed by atoms with van der Waals surface area (Å²) >= 11 is 0. The molecule has 2 aromatic rings. The van der Waals surface area contributed by atoms with Gasteiger partial charge in [0.25, 0.3) is 0 Å². The van der Waals surface area contributed by atoms with Crippen molar-refractivity contribution in [3.63, 3.8) is 0 Å². The lowest BCUT2D eigenvalue weighted by Crippen LogP contribution is -2.11.